The smallest absolute Gasteiger partial charge is 0.269 e. The van der Waals surface area contributed by atoms with Gasteiger partial charge in [0, 0.05) is 37.0 Å². The number of nitrogens with zero attached hydrogens (tertiary/aromatic N) is 1. The first-order chi connectivity index (χ1) is 19.6. The topological polar surface area (TPSA) is 168 Å². The zero-order chi connectivity index (χ0) is 29.9. The zero-order valence-electron chi connectivity index (χ0n) is 23.3. The molecule has 0 aliphatic carbocycles. The van der Waals surface area contributed by atoms with Crippen LogP contribution < -0.4 is 36.1 Å². The molecule has 0 saturated heterocycles. The van der Waals surface area contributed by atoms with Crippen molar-refractivity contribution in [3.8, 4) is 17.2 Å². The number of amidine groups is 1. The lowest BCUT2D eigenvalue weighted by molar-refractivity contribution is -0.130. The van der Waals surface area contributed by atoms with Crippen LogP contribution >= 0.6 is 0 Å². The minimum absolute atomic E-state index is 0.0930. The highest BCUT2D eigenvalue weighted by molar-refractivity contribution is 5.97. The van der Waals surface area contributed by atoms with Gasteiger partial charge in [0.05, 0.1) is 13.7 Å². The van der Waals surface area contributed by atoms with Crippen molar-refractivity contribution in [2.45, 2.75) is 13.0 Å². The number of anilines is 1. The normalized spacial score (nSPS) is 11.0. The van der Waals surface area contributed by atoms with Crippen molar-refractivity contribution in [2.24, 2.45) is 5.73 Å². The molecule has 0 heterocycles. The Balaban J connectivity index is 1.91. The average molecular weight is 563 g/mol. The Labute approximate surface area is 238 Å². The van der Waals surface area contributed by atoms with Crippen molar-refractivity contribution in [2.75, 3.05) is 39.7 Å². The van der Waals surface area contributed by atoms with E-state index >= 15 is 0 Å². The number of hydrogen-bond acceptors (Lipinski definition) is 8. The highest BCUT2D eigenvalue weighted by atomic mass is 16.5. The lowest BCUT2D eigenvalue weighted by Crippen LogP contribution is -2.45. The first-order valence-electron chi connectivity index (χ1n) is 12.7. The number of amides is 3. The second kappa shape index (κ2) is 14.2. The molecule has 1 unspecified atom stereocenters. The van der Waals surface area contributed by atoms with Gasteiger partial charge in [0.1, 0.15) is 29.1 Å². The van der Waals surface area contributed by atoms with Crippen LogP contribution in [-0.2, 0) is 9.59 Å². The summed E-state index contributed by atoms with van der Waals surface area (Å²) in [5.74, 6) is -0.254. The highest BCUT2D eigenvalue weighted by Crippen LogP contribution is 2.29. The quantitative estimate of drug-likeness (QED) is 0.127. The second-order valence-corrected chi connectivity index (χ2v) is 8.99. The van der Waals surface area contributed by atoms with Gasteiger partial charge in [-0.3, -0.25) is 30.6 Å². The summed E-state index contributed by atoms with van der Waals surface area (Å²) < 4.78 is 16.6. The number of likely N-dealkylation sites (N-methyl/N-ethyl adjacent to an activating group) is 1. The van der Waals surface area contributed by atoms with Crippen LogP contribution in [0.1, 0.15) is 34.5 Å². The van der Waals surface area contributed by atoms with Gasteiger partial charge in [-0.1, -0.05) is 6.07 Å². The molecule has 3 rings (SSSR count). The lowest BCUT2D eigenvalue weighted by atomic mass is 10.0. The number of nitrogens with two attached hydrogens (primary N) is 1. The minimum Gasteiger partial charge on any atom is -0.497 e. The standard InChI is InChI=1S/C29H34N6O6/c1-5-40-23-14-20(15-24(16-23)41-17-25(36)35(2)3)26(32-21-11-9-18(10-12-21)27(30)31)29(38)34-33-28(37)19-7-6-8-22(13-19)39-4/h6-16,26,32H,5,17H2,1-4H3,(H3,30,31)(H,33,37)(H,34,38). The van der Waals surface area contributed by atoms with Crippen LogP contribution in [0.5, 0.6) is 17.2 Å². The van der Waals surface area contributed by atoms with Crippen LogP contribution in [0.3, 0.4) is 0 Å². The van der Waals surface area contributed by atoms with Crippen molar-refractivity contribution in [1.29, 1.82) is 5.41 Å². The van der Waals surface area contributed by atoms with Crippen LogP contribution in [0.2, 0.25) is 0 Å². The molecular weight excluding hydrogens is 528 g/mol. The fourth-order valence-corrected chi connectivity index (χ4v) is 3.61. The molecule has 12 heteroatoms. The SMILES string of the molecule is CCOc1cc(OCC(=O)N(C)C)cc(C(Nc2ccc(C(=N)N)cc2)C(=O)NNC(=O)c2cccc(OC)c2)c1. The van der Waals surface area contributed by atoms with Gasteiger partial charge in [-0.15, -0.1) is 0 Å². The van der Waals surface area contributed by atoms with Gasteiger partial charge in [-0.05, 0) is 67.1 Å². The van der Waals surface area contributed by atoms with Crippen molar-refractivity contribution in [1.82, 2.24) is 15.8 Å². The monoisotopic (exact) mass is 562 g/mol. The maximum absolute atomic E-state index is 13.5. The molecule has 6 N–H and O–H groups in total. The van der Waals surface area contributed by atoms with Gasteiger partial charge in [-0.25, -0.2) is 0 Å². The molecule has 0 aliphatic heterocycles. The van der Waals surface area contributed by atoms with E-state index in [9.17, 15) is 14.4 Å². The molecule has 0 fully saturated rings. The first-order valence-corrected chi connectivity index (χ1v) is 12.7. The predicted molar refractivity (Wildman–Crippen MR) is 154 cm³/mol. The number of ether oxygens (including phenoxy) is 3. The fraction of sp³-hybridized carbons (Fsp3) is 0.241. The van der Waals surface area contributed by atoms with Crippen molar-refractivity contribution < 1.29 is 28.6 Å². The average Bonchev–Trinajstić information content (AvgIpc) is 2.97. The molecule has 0 aromatic heterocycles. The van der Waals surface area contributed by atoms with Gasteiger partial charge in [0.15, 0.2) is 6.61 Å². The summed E-state index contributed by atoms with van der Waals surface area (Å²) in [5, 5.41) is 10.8. The Morgan fingerprint density at radius 2 is 1.59 bits per heavy atom. The Morgan fingerprint density at radius 1 is 0.902 bits per heavy atom. The van der Waals surface area contributed by atoms with Crippen LogP contribution in [0.15, 0.2) is 66.7 Å². The third-order valence-corrected chi connectivity index (χ3v) is 5.81. The van der Waals surface area contributed by atoms with Gasteiger partial charge in [-0.2, -0.15) is 0 Å². The van der Waals surface area contributed by atoms with Crippen molar-refractivity contribution in [3.05, 3.63) is 83.4 Å². The first kappa shape index (κ1) is 30.3. The Kier molecular flexibility index (Phi) is 10.5. The molecule has 1 atom stereocenters. The maximum Gasteiger partial charge on any atom is 0.269 e. The van der Waals surface area contributed by atoms with E-state index in [1.165, 1.54) is 18.1 Å². The lowest BCUT2D eigenvalue weighted by Gasteiger charge is -2.22. The van der Waals surface area contributed by atoms with E-state index in [1.807, 2.05) is 6.92 Å². The van der Waals surface area contributed by atoms with E-state index in [2.05, 4.69) is 16.2 Å². The minimum atomic E-state index is -1.05. The van der Waals surface area contributed by atoms with Crippen molar-refractivity contribution >= 4 is 29.2 Å². The molecule has 3 aromatic carbocycles. The molecular formula is C29H34N6O6. The number of hydrazine groups is 1. The number of rotatable bonds is 12. The summed E-state index contributed by atoms with van der Waals surface area (Å²) in [6.07, 6.45) is 0. The number of nitrogens with one attached hydrogen (secondary N) is 4. The number of methoxy groups -OCH3 is 1. The van der Waals surface area contributed by atoms with Gasteiger partial charge < -0.3 is 30.2 Å². The summed E-state index contributed by atoms with van der Waals surface area (Å²) in [6.45, 7) is 1.96. The second-order valence-electron chi connectivity index (χ2n) is 8.99. The molecule has 12 nitrogen and oxygen atoms in total. The van der Waals surface area contributed by atoms with Gasteiger partial charge in [0.2, 0.25) is 0 Å². The van der Waals surface area contributed by atoms with E-state index in [0.717, 1.165) is 0 Å². The number of nitrogen functional groups attached to an aromatic ring is 1. The number of carbonyl (C=O) groups is 3. The Bertz CT molecular complexity index is 1390. The summed E-state index contributed by atoms with van der Waals surface area (Å²) in [4.78, 5) is 39.7. The van der Waals surface area contributed by atoms with E-state index in [1.54, 1.807) is 74.8 Å². The van der Waals surface area contributed by atoms with Gasteiger partial charge >= 0.3 is 0 Å². The van der Waals surface area contributed by atoms with Crippen molar-refractivity contribution in [3.63, 3.8) is 0 Å². The molecule has 0 bridgehead atoms. The van der Waals surface area contributed by atoms with E-state index in [0.29, 0.717) is 40.7 Å². The Morgan fingerprint density at radius 3 is 2.20 bits per heavy atom. The predicted octanol–water partition coefficient (Wildman–Crippen LogP) is 2.46. The molecule has 0 saturated carbocycles. The summed E-state index contributed by atoms with van der Waals surface area (Å²) in [5.41, 5.74) is 12.2. The number of hydrogen-bond donors (Lipinski definition) is 5. The molecule has 41 heavy (non-hydrogen) atoms. The maximum atomic E-state index is 13.5. The van der Waals surface area contributed by atoms with Crippen LogP contribution in [0.25, 0.3) is 0 Å². The summed E-state index contributed by atoms with van der Waals surface area (Å²) in [6, 6.07) is 17.0. The molecule has 0 spiro atoms. The highest BCUT2D eigenvalue weighted by Gasteiger charge is 2.24. The number of benzene rings is 3. The molecule has 3 amide bonds. The van der Waals surface area contributed by atoms with Gasteiger partial charge in [0.25, 0.3) is 17.7 Å². The molecule has 216 valence electrons. The van der Waals surface area contributed by atoms with Crippen LogP contribution in [0, 0.1) is 5.41 Å². The largest absolute Gasteiger partial charge is 0.497 e. The summed E-state index contributed by atoms with van der Waals surface area (Å²) in [7, 11) is 4.73. The fourth-order valence-electron chi connectivity index (χ4n) is 3.61. The van der Waals surface area contributed by atoms with E-state index in [-0.39, 0.29) is 23.9 Å². The Hall–Kier alpha value is -5.26. The zero-order valence-corrected chi connectivity index (χ0v) is 23.3. The van der Waals surface area contributed by atoms with E-state index < -0.39 is 17.9 Å². The van der Waals surface area contributed by atoms with E-state index in [4.69, 9.17) is 25.4 Å². The third-order valence-electron chi connectivity index (χ3n) is 5.81. The summed E-state index contributed by atoms with van der Waals surface area (Å²) >= 11 is 0. The molecule has 3 aromatic rings. The molecule has 0 aliphatic rings. The third kappa shape index (κ3) is 8.62. The number of carbonyl (C=O) groups excluding carboxylic acids is 3. The van der Waals surface area contributed by atoms with Crippen LogP contribution in [0.4, 0.5) is 5.69 Å². The van der Waals surface area contributed by atoms with Crippen LogP contribution in [-0.4, -0.2) is 62.9 Å². The molecule has 0 radical (unpaired) electrons.